The van der Waals surface area contributed by atoms with Crippen molar-refractivity contribution in [2.45, 2.75) is 37.8 Å². The lowest BCUT2D eigenvalue weighted by Crippen LogP contribution is -2.51. The van der Waals surface area contributed by atoms with Crippen LogP contribution < -0.4 is 15.4 Å². The summed E-state index contributed by atoms with van der Waals surface area (Å²) in [6, 6.07) is 6.07. The van der Waals surface area contributed by atoms with Gasteiger partial charge < -0.3 is 39.2 Å². The molecule has 0 radical (unpaired) electrons. The summed E-state index contributed by atoms with van der Waals surface area (Å²) in [5.41, 5.74) is 0.733. The third-order valence-electron chi connectivity index (χ3n) is 7.72. The second-order valence-electron chi connectivity index (χ2n) is 11.4. The molecule has 2 aliphatic rings. The molecule has 4 rings (SSSR count). The number of hydrogen-bond acceptors (Lipinski definition) is 12. The molecule has 2 atom stereocenters. The first-order chi connectivity index (χ1) is 24.6. The van der Waals surface area contributed by atoms with Crippen LogP contribution in [0, 0.1) is 14.3 Å². The number of ether oxygens (including phenoxy) is 4. The molecule has 16 nitrogen and oxygen atoms in total. The zero-order chi connectivity index (χ0) is 38.1. The van der Waals surface area contributed by atoms with Crippen molar-refractivity contribution in [1.29, 1.82) is 0 Å². The molecular weight excluding hydrogens is 1140 g/mol. The number of methoxy groups -OCH3 is 1. The molecule has 2 fully saturated rings. The molecule has 5 amide bonds. The molecule has 2 aromatic rings. The topological polar surface area (TPSA) is 207 Å². The number of hydrogen-bond donors (Lipinski definition) is 3. The minimum atomic E-state index is -1.18. The van der Waals surface area contributed by atoms with Gasteiger partial charge in [-0.1, -0.05) is 0 Å². The molecule has 52 heavy (non-hydrogen) atoms. The summed E-state index contributed by atoms with van der Waals surface area (Å²) in [6.45, 7) is -0.00846. The Labute approximate surface area is 352 Å². The number of carbonyl (C=O) groups excluding carboxylic acids is 7. The van der Waals surface area contributed by atoms with E-state index in [0.29, 0.717) is 18.6 Å². The largest absolute Gasteiger partial charge is 0.506 e. The van der Waals surface area contributed by atoms with E-state index >= 15 is 0 Å². The number of esters is 2. The van der Waals surface area contributed by atoms with E-state index in [9.17, 15) is 38.7 Å². The average molecular weight is 1170 g/mol. The summed E-state index contributed by atoms with van der Waals surface area (Å²) >= 11 is 8.30. The Kier molecular flexibility index (Phi) is 15.9. The van der Waals surface area contributed by atoms with Gasteiger partial charge in [-0.2, -0.15) is 0 Å². The Morgan fingerprint density at radius 1 is 0.885 bits per heavy atom. The van der Waals surface area contributed by atoms with Crippen molar-refractivity contribution in [3.05, 3.63) is 44.1 Å². The van der Waals surface area contributed by atoms with Gasteiger partial charge in [0.1, 0.15) is 30.8 Å². The lowest BCUT2D eigenvalue weighted by atomic mass is 10.1. The van der Waals surface area contributed by atoms with E-state index in [1.165, 1.54) is 16.9 Å². The maximum absolute atomic E-state index is 12.7. The van der Waals surface area contributed by atoms with Gasteiger partial charge in [-0.05, 0) is 120 Å². The molecule has 3 N–H and O–H groups in total. The first-order valence-corrected chi connectivity index (χ1v) is 19.8. The summed E-state index contributed by atoms with van der Waals surface area (Å²) < 4.78 is 24.1. The molecule has 20 heteroatoms. The van der Waals surface area contributed by atoms with Crippen molar-refractivity contribution in [3.63, 3.8) is 0 Å². The summed E-state index contributed by atoms with van der Waals surface area (Å²) in [7, 11) is 1.21. The standard InChI is InChI=1S/C32H32I4N4O12/c1-49-32(48)22(10-16-8-20(35)30(21(36)9-16)51-17-11-18(33)29(46)19(34)12-17)37-25(42)14-50-15-27(44)40-6-4-39(5-7-40)26(43)2-3-28(45)52-23-13-24(41)38-31(23)47/h8-9,11-12,22-23,46H,2-7,10,13-15H2,1H3,(H,37,42)(H,38,41,47)/t22-,23?/m0/s1. The maximum Gasteiger partial charge on any atom is 0.328 e. The molecule has 0 saturated carbocycles. The zero-order valence-electron chi connectivity index (χ0n) is 27.4. The van der Waals surface area contributed by atoms with Gasteiger partial charge in [0.05, 0.1) is 34.2 Å². The van der Waals surface area contributed by atoms with E-state index in [-0.39, 0.29) is 69.4 Å². The number of phenolic OH excluding ortho intramolecular Hbond substituents is 1. The molecule has 0 aliphatic carbocycles. The Bertz CT molecular complexity index is 1710. The third kappa shape index (κ3) is 12.0. The molecule has 2 heterocycles. The predicted octanol–water partition coefficient (Wildman–Crippen LogP) is 2.23. The SMILES string of the molecule is COC(=O)[C@H](Cc1cc(I)c(Oc2cc(I)c(O)c(I)c2)c(I)c1)NC(=O)COCC(=O)N1CCN(C(=O)CCC(=O)OC2CC(=O)NC2=O)CC1. The number of rotatable bonds is 14. The molecule has 0 aromatic heterocycles. The Balaban J connectivity index is 1.20. The van der Waals surface area contributed by atoms with E-state index in [2.05, 4.69) is 50.5 Å². The van der Waals surface area contributed by atoms with Crippen LogP contribution in [0.15, 0.2) is 24.3 Å². The van der Waals surface area contributed by atoms with Crippen molar-refractivity contribution >= 4 is 132 Å². The fourth-order valence-corrected chi connectivity index (χ4v) is 8.92. The molecular formula is C32H32I4N4O12. The first-order valence-electron chi connectivity index (χ1n) is 15.5. The van der Waals surface area contributed by atoms with Gasteiger partial charge in [0.15, 0.2) is 11.9 Å². The van der Waals surface area contributed by atoms with Crippen LogP contribution in [0.5, 0.6) is 17.2 Å². The fraction of sp³-hybridized carbons (Fsp3) is 0.406. The average Bonchev–Trinajstić information content (AvgIpc) is 3.42. The van der Waals surface area contributed by atoms with Crippen molar-refractivity contribution < 1.29 is 57.6 Å². The number of halogens is 4. The van der Waals surface area contributed by atoms with E-state index in [4.69, 9.17) is 18.9 Å². The maximum atomic E-state index is 12.7. The van der Waals surface area contributed by atoms with Gasteiger partial charge in [-0.15, -0.1) is 0 Å². The van der Waals surface area contributed by atoms with Gasteiger partial charge in [0.25, 0.3) is 5.91 Å². The summed E-state index contributed by atoms with van der Waals surface area (Å²) in [4.78, 5) is 88.4. The van der Waals surface area contributed by atoms with Gasteiger partial charge in [-0.25, -0.2) is 4.79 Å². The van der Waals surface area contributed by atoms with Crippen molar-refractivity contribution in [3.8, 4) is 17.2 Å². The molecule has 2 saturated heterocycles. The van der Waals surface area contributed by atoms with Crippen molar-refractivity contribution in [1.82, 2.24) is 20.4 Å². The van der Waals surface area contributed by atoms with Crippen LogP contribution in [0.4, 0.5) is 0 Å². The summed E-state index contributed by atoms with van der Waals surface area (Å²) in [5.74, 6) is -2.65. The second-order valence-corrected chi connectivity index (χ2v) is 16.1. The lowest BCUT2D eigenvalue weighted by Gasteiger charge is -2.34. The number of piperazine rings is 1. The number of amides is 5. The highest BCUT2D eigenvalue weighted by Gasteiger charge is 2.34. The highest BCUT2D eigenvalue weighted by Crippen LogP contribution is 2.37. The second kappa shape index (κ2) is 19.7. The molecule has 2 aromatic carbocycles. The zero-order valence-corrected chi connectivity index (χ0v) is 36.0. The number of benzene rings is 2. The Hall–Kier alpha value is -2.59. The van der Waals surface area contributed by atoms with Crippen molar-refractivity contribution in [2.24, 2.45) is 0 Å². The highest BCUT2D eigenvalue weighted by molar-refractivity contribution is 14.1. The molecule has 0 bridgehead atoms. The van der Waals surface area contributed by atoms with Gasteiger partial charge >= 0.3 is 11.9 Å². The van der Waals surface area contributed by atoms with E-state index in [1.807, 2.05) is 62.6 Å². The number of nitrogens with one attached hydrogen (secondary N) is 2. The molecule has 1 unspecified atom stereocenters. The van der Waals surface area contributed by atoms with Crippen LogP contribution in [0.2, 0.25) is 0 Å². The van der Waals surface area contributed by atoms with Crippen LogP contribution in [0.25, 0.3) is 0 Å². The number of imide groups is 1. The Morgan fingerprint density at radius 2 is 1.48 bits per heavy atom. The first kappa shape index (κ1) is 42.2. The number of nitrogens with zero attached hydrogens (tertiary/aromatic N) is 2. The molecule has 2 aliphatic heterocycles. The van der Waals surface area contributed by atoms with E-state index in [0.717, 1.165) is 12.7 Å². The number of carbonyl (C=O) groups is 7. The smallest absolute Gasteiger partial charge is 0.328 e. The lowest BCUT2D eigenvalue weighted by molar-refractivity contribution is -0.155. The quantitative estimate of drug-likeness (QED) is 0.142. The highest BCUT2D eigenvalue weighted by atomic mass is 127. The van der Waals surface area contributed by atoms with Crippen LogP contribution in [0.3, 0.4) is 0 Å². The number of aromatic hydroxyl groups is 1. The van der Waals surface area contributed by atoms with E-state index in [1.54, 1.807) is 12.1 Å². The van der Waals surface area contributed by atoms with Crippen LogP contribution in [-0.2, 0) is 54.2 Å². The van der Waals surface area contributed by atoms with Crippen molar-refractivity contribution in [2.75, 3.05) is 46.5 Å². The van der Waals surface area contributed by atoms with E-state index < -0.39 is 55.0 Å². The third-order valence-corrected chi connectivity index (χ3v) is 11.0. The Morgan fingerprint density at radius 3 is 2.04 bits per heavy atom. The summed E-state index contributed by atoms with van der Waals surface area (Å²) in [5, 5.41) is 14.7. The van der Waals surface area contributed by atoms with Crippen LogP contribution in [-0.4, -0.2) is 115 Å². The number of phenols is 1. The van der Waals surface area contributed by atoms with Crippen LogP contribution >= 0.6 is 90.4 Å². The monoisotopic (exact) mass is 1170 g/mol. The minimum absolute atomic E-state index is 0.113. The fourth-order valence-electron chi connectivity index (χ4n) is 5.09. The molecule has 280 valence electrons. The van der Waals surface area contributed by atoms with Gasteiger partial charge in [0, 0.05) is 39.0 Å². The minimum Gasteiger partial charge on any atom is -0.506 e. The van der Waals surface area contributed by atoms with Gasteiger partial charge in [-0.3, -0.25) is 34.1 Å². The normalized spacial score (nSPS) is 16.2. The summed E-state index contributed by atoms with van der Waals surface area (Å²) in [6.07, 6.45) is -1.73. The molecule has 0 spiro atoms. The predicted molar refractivity (Wildman–Crippen MR) is 214 cm³/mol. The van der Waals surface area contributed by atoms with Crippen LogP contribution in [0.1, 0.15) is 24.8 Å². The van der Waals surface area contributed by atoms with Gasteiger partial charge in [0.2, 0.25) is 23.6 Å².